The largest absolute Gasteiger partial charge is 0.494 e. The van der Waals surface area contributed by atoms with Gasteiger partial charge in [0.05, 0.1) is 18.2 Å². The Morgan fingerprint density at radius 3 is 2.94 bits per heavy atom. The van der Waals surface area contributed by atoms with Crippen LogP contribution in [0.25, 0.3) is 0 Å². The molecule has 1 aliphatic rings. The maximum absolute atomic E-state index is 8.78. The Kier molecular flexibility index (Phi) is 4.40. The Bertz CT molecular complexity index is 391. The highest BCUT2D eigenvalue weighted by molar-refractivity contribution is 5.36. The van der Waals surface area contributed by atoms with Crippen LogP contribution >= 0.6 is 0 Å². The molecule has 0 bridgehead atoms. The number of nitrogens with one attached hydrogen (secondary N) is 1. The number of benzene rings is 1. The van der Waals surface area contributed by atoms with Gasteiger partial charge in [0.1, 0.15) is 5.75 Å². The van der Waals surface area contributed by atoms with E-state index < -0.39 is 0 Å². The van der Waals surface area contributed by atoms with Gasteiger partial charge in [0, 0.05) is 0 Å². The third-order valence-corrected chi connectivity index (χ3v) is 3.22. The second-order valence-corrected chi connectivity index (χ2v) is 4.47. The monoisotopic (exact) mass is 230 g/mol. The van der Waals surface area contributed by atoms with Crippen molar-refractivity contribution in [2.45, 2.75) is 19.3 Å². The van der Waals surface area contributed by atoms with Gasteiger partial charge < -0.3 is 10.1 Å². The van der Waals surface area contributed by atoms with E-state index in [1.165, 1.54) is 12.8 Å². The van der Waals surface area contributed by atoms with Gasteiger partial charge in [0.15, 0.2) is 0 Å². The lowest BCUT2D eigenvalue weighted by molar-refractivity contribution is 0.252. The first-order chi connectivity index (χ1) is 8.38. The van der Waals surface area contributed by atoms with Gasteiger partial charge in [-0.3, -0.25) is 0 Å². The van der Waals surface area contributed by atoms with Gasteiger partial charge >= 0.3 is 0 Å². The number of ether oxygens (including phenoxy) is 1. The molecule has 1 N–H and O–H groups in total. The van der Waals surface area contributed by atoms with Crippen LogP contribution in [0.5, 0.6) is 5.75 Å². The van der Waals surface area contributed by atoms with Crippen molar-refractivity contribution in [3.8, 4) is 11.8 Å². The molecule has 1 aromatic carbocycles. The average molecular weight is 230 g/mol. The summed E-state index contributed by atoms with van der Waals surface area (Å²) in [6, 6.07) is 9.47. The quantitative estimate of drug-likeness (QED) is 0.863. The van der Waals surface area contributed by atoms with Gasteiger partial charge in [0.2, 0.25) is 0 Å². The number of nitriles is 1. The van der Waals surface area contributed by atoms with E-state index in [9.17, 15) is 0 Å². The van der Waals surface area contributed by atoms with Crippen molar-refractivity contribution < 1.29 is 4.74 Å². The minimum atomic E-state index is 0.657. The van der Waals surface area contributed by atoms with Gasteiger partial charge in [0.25, 0.3) is 0 Å². The first-order valence-electron chi connectivity index (χ1n) is 6.22. The first-order valence-corrected chi connectivity index (χ1v) is 6.22. The molecule has 17 heavy (non-hydrogen) atoms. The summed E-state index contributed by atoms with van der Waals surface area (Å²) in [4.78, 5) is 0. The molecule has 0 saturated carbocycles. The molecule has 0 radical (unpaired) electrons. The SMILES string of the molecule is N#Cc1cccc(OCCC2CCNCC2)c1. The maximum Gasteiger partial charge on any atom is 0.120 e. The zero-order valence-electron chi connectivity index (χ0n) is 9.98. The van der Waals surface area contributed by atoms with Gasteiger partial charge in [-0.15, -0.1) is 0 Å². The van der Waals surface area contributed by atoms with Crippen LogP contribution in [0.1, 0.15) is 24.8 Å². The van der Waals surface area contributed by atoms with Crippen LogP contribution in [0.4, 0.5) is 0 Å². The summed E-state index contributed by atoms with van der Waals surface area (Å²) in [5, 5.41) is 12.1. The lowest BCUT2D eigenvalue weighted by Gasteiger charge is -2.22. The molecular weight excluding hydrogens is 212 g/mol. The van der Waals surface area contributed by atoms with Crippen molar-refractivity contribution in [3.63, 3.8) is 0 Å². The summed E-state index contributed by atoms with van der Waals surface area (Å²) in [6.45, 7) is 3.02. The van der Waals surface area contributed by atoms with Crippen molar-refractivity contribution in [2.24, 2.45) is 5.92 Å². The predicted molar refractivity (Wildman–Crippen MR) is 66.9 cm³/mol. The highest BCUT2D eigenvalue weighted by atomic mass is 16.5. The smallest absolute Gasteiger partial charge is 0.120 e. The predicted octanol–water partition coefficient (Wildman–Crippen LogP) is 2.33. The molecule has 0 unspecified atom stereocenters. The van der Waals surface area contributed by atoms with Gasteiger partial charge in [-0.25, -0.2) is 0 Å². The van der Waals surface area contributed by atoms with Crippen LogP contribution in [-0.2, 0) is 0 Å². The summed E-state index contributed by atoms with van der Waals surface area (Å²) < 4.78 is 5.68. The van der Waals surface area contributed by atoms with E-state index in [0.717, 1.165) is 37.8 Å². The molecule has 90 valence electrons. The molecule has 0 atom stereocenters. The minimum absolute atomic E-state index is 0.657. The highest BCUT2D eigenvalue weighted by Gasteiger charge is 2.12. The Balaban J connectivity index is 1.75. The lowest BCUT2D eigenvalue weighted by atomic mass is 9.95. The average Bonchev–Trinajstić information content (AvgIpc) is 2.40. The van der Waals surface area contributed by atoms with Gasteiger partial charge in [-0.05, 0) is 56.5 Å². The molecule has 0 aliphatic carbocycles. The number of hydrogen-bond donors (Lipinski definition) is 1. The van der Waals surface area contributed by atoms with Crippen molar-refractivity contribution in [3.05, 3.63) is 29.8 Å². The van der Waals surface area contributed by atoms with Crippen LogP contribution in [0.2, 0.25) is 0 Å². The van der Waals surface area contributed by atoms with E-state index in [-0.39, 0.29) is 0 Å². The fourth-order valence-electron chi connectivity index (χ4n) is 2.17. The Morgan fingerprint density at radius 2 is 2.18 bits per heavy atom. The molecule has 3 heteroatoms. The van der Waals surface area contributed by atoms with Crippen LogP contribution in [0.15, 0.2) is 24.3 Å². The number of hydrogen-bond acceptors (Lipinski definition) is 3. The molecule has 1 fully saturated rings. The van der Waals surface area contributed by atoms with Crippen LogP contribution in [0, 0.1) is 17.2 Å². The Morgan fingerprint density at radius 1 is 1.35 bits per heavy atom. The van der Waals surface area contributed by atoms with E-state index >= 15 is 0 Å². The van der Waals surface area contributed by atoms with E-state index in [0.29, 0.717) is 5.56 Å². The van der Waals surface area contributed by atoms with Crippen molar-refractivity contribution >= 4 is 0 Å². The third kappa shape index (κ3) is 3.76. The number of nitrogens with zero attached hydrogens (tertiary/aromatic N) is 1. The Labute approximate surface area is 102 Å². The molecular formula is C14H18N2O. The summed E-state index contributed by atoms with van der Waals surface area (Å²) in [5.41, 5.74) is 0.657. The molecule has 1 heterocycles. The Hall–Kier alpha value is -1.53. The summed E-state index contributed by atoms with van der Waals surface area (Å²) in [6.07, 6.45) is 3.61. The third-order valence-electron chi connectivity index (χ3n) is 3.22. The number of rotatable bonds is 4. The minimum Gasteiger partial charge on any atom is -0.494 e. The normalized spacial score (nSPS) is 16.4. The first kappa shape index (κ1) is 11.9. The zero-order chi connectivity index (χ0) is 11.9. The second kappa shape index (κ2) is 6.27. The molecule has 1 saturated heterocycles. The summed E-state index contributed by atoms with van der Waals surface area (Å²) in [5.74, 6) is 1.59. The molecule has 0 aromatic heterocycles. The molecule has 3 nitrogen and oxygen atoms in total. The fraction of sp³-hybridized carbons (Fsp3) is 0.500. The van der Waals surface area contributed by atoms with Crippen LogP contribution < -0.4 is 10.1 Å². The molecule has 0 spiro atoms. The summed E-state index contributed by atoms with van der Waals surface area (Å²) >= 11 is 0. The van der Waals surface area contributed by atoms with Crippen LogP contribution in [-0.4, -0.2) is 19.7 Å². The highest BCUT2D eigenvalue weighted by Crippen LogP contribution is 2.18. The van der Waals surface area contributed by atoms with Gasteiger partial charge in [-0.2, -0.15) is 5.26 Å². The molecule has 0 amide bonds. The zero-order valence-corrected chi connectivity index (χ0v) is 9.98. The van der Waals surface area contributed by atoms with E-state index in [1.807, 2.05) is 12.1 Å². The van der Waals surface area contributed by atoms with Crippen LogP contribution in [0.3, 0.4) is 0 Å². The maximum atomic E-state index is 8.78. The topological polar surface area (TPSA) is 45.0 Å². The summed E-state index contributed by atoms with van der Waals surface area (Å²) in [7, 11) is 0. The lowest BCUT2D eigenvalue weighted by Crippen LogP contribution is -2.28. The fourth-order valence-corrected chi connectivity index (χ4v) is 2.17. The van der Waals surface area contributed by atoms with E-state index in [2.05, 4.69) is 11.4 Å². The second-order valence-electron chi connectivity index (χ2n) is 4.47. The van der Waals surface area contributed by atoms with Crippen molar-refractivity contribution in [2.75, 3.05) is 19.7 Å². The number of piperidine rings is 1. The van der Waals surface area contributed by atoms with E-state index in [1.54, 1.807) is 12.1 Å². The molecule has 1 aliphatic heterocycles. The van der Waals surface area contributed by atoms with Crippen molar-refractivity contribution in [1.29, 1.82) is 5.26 Å². The molecule has 1 aromatic rings. The van der Waals surface area contributed by atoms with E-state index in [4.69, 9.17) is 10.00 Å². The molecule has 2 rings (SSSR count). The van der Waals surface area contributed by atoms with Gasteiger partial charge in [-0.1, -0.05) is 6.07 Å². The standard InChI is InChI=1S/C14H18N2O/c15-11-13-2-1-3-14(10-13)17-9-6-12-4-7-16-8-5-12/h1-3,10,12,16H,4-9H2. The van der Waals surface area contributed by atoms with Crippen molar-refractivity contribution in [1.82, 2.24) is 5.32 Å².